The van der Waals surface area contributed by atoms with Gasteiger partial charge in [0.1, 0.15) is 5.82 Å². The van der Waals surface area contributed by atoms with Crippen LogP contribution in [-0.4, -0.2) is 51.4 Å². The molecule has 0 radical (unpaired) electrons. The zero-order chi connectivity index (χ0) is 14.2. The molecule has 0 spiro atoms. The Morgan fingerprint density at radius 3 is 3.00 bits per heavy atom. The summed E-state index contributed by atoms with van der Waals surface area (Å²) in [6, 6.07) is 4.09. The molecule has 3 saturated heterocycles. The molecule has 110 valence electrons. The van der Waals surface area contributed by atoms with Crippen molar-refractivity contribution < 1.29 is 4.79 Å². The molecular weight excluding hydrogens is 266 g/mol. The van der Waals surface area contributed by atoms with E-state index >= 15 is 0 Å². The molecule has 3 fully saturated rings. The molecule has 6 heteroatoms. The Balaban J connectivity index is 1.41. The number of rotatable bonds is 3. The predicted molar refractivity (Wildman–Crippen MR) is 78.7 cm³/mol. The largest absolute Gasteiger partial charge is 0.351 e. The van der Waals surface area contributed by atoms with Gasteiger partial charge in [-0.15, -0.1) is 0 Å². The number of aromatic nitrogens is 3. The minimum atomic E-state index is 0.0489. The van der Waals surface area contributed by atoms with Crippen molar-refractivity contribution in [1.82, 2.24) is 25.2 Å². The Bertz CT molecular complexity index is 626. The van der Waals surface area contributed by atoms with Gasteiger partial charge < -0.3 is 15.2 Å². The Kier molecular flexibility index (Phi) is 3.11. The second-order valence-electron chi connectivity index (χ2n) is 6.05. The van der Waals surface area contributed by atoms with E-state index in [1.807, 2.05) is 12.1 Å². The van der Waals surface area contributed by atoms with E-state index < -0.39 is 0 Å². The number of carbonyl (C=O) groups is 1. The van der Waals surface area contributed by atoms with Gasteiger partial charge in [0.25, 0.3) is 0 Å². The fourth-order valence-corrected chi connectivity index (χ4v) is 3.52. The second-order valence-corrected chi connectivity index (χ2v) is 6.05. The van der Waals surface area contributed by atoms with E-state index in [-0.39, 0.29) is 5.91 Å². The van der Waals surface area contributed by atoms with Crippen LogP contribution in [-0.2, 0) is 11.2 Å². The van der Waals surface area contributed by atoms with E-state index in [1.165, 1.54) is 25.9 Å². The maximum absolute atomic E-state index is 12.2. The number of piperidine rings is 3. The van der Waals surface area contributed by atoms with Gasteiger partial charge in [-0.1, -0.05) is 0 Å². The zero-order valence-electron chi connectivity index (χ0n) is 11.9. The zero-order valence-corrected chi connectivity index (χ0v) is 11.9. The average Bonchev–Trinajstić information content (AvgIpc) is 2.90. The second kappa shape index (κ2) is 5.11. The number of hydrogen-bond acceptors (Lipinski definition) is 4. The minimum Gasteiger partial charge on any atom is -0.351 e. The van der Waals surface area contributed by atoms with Crippen molar-refractivity contribution in [3.8, 4) is 0 Å². The van der Waals surface area contributed by atoms with Gasteiger partial charge in [0, 0.05) is 18.8 Å². The Morgan fingerprint density at radius 2 is 2.29 bits per heavy atom. The van der Waals surface area contributed by atoms with Crippen LogP contribution in [0.2, 0.25) is 0 Å². The summed E-state index contributed by atoms with van der Waals surface area (Å²) in [5.41, 5.74) is 1.55. The molecule has 0 saturated carbocycles. The molecule has 0 aromatic carbocycles. The number of nitrogens with zero attached hydrogens (tertiary/aromatic N) is 3. The lowest BCUT2D eigenvalue weighted by Gasteiger charge is -2.44. The number of carbonyl (C=O) groups excluding carboxylic acids is 1. The molecule has 2 N–H and O–H groups in total. The first kappa shape index (κ1) is 12.8. The van der Waals surface area contributed by atoms with Gasteiger partial charge in [0.2, 0.25) is 5.91 Å². The summed E-state index contributed by atoms with van der Waals surface area (Å²) < 4.78 is 0. The van der Waals surface area contributed by atoms with Gasteiger partial charge in [-0.3, -0.25) is 4.79 Å². The van der Waals surface area contributed by atoms with E-state index in [0.717, 1.165) is 12.1 Å². The number of imidazole rings is 1. The topological polar surface area (TPSA) is 73.9 Å². The van der Waals surface area contributed by atoms with E-state index in [2.05, 4.69) is 25.2 Å². The van der Waals surface area contributed by atoms with Crippen LogP contribution in [0.1, 0.15) is 18.7 Å². The monoisotopic (exact) mass is 285 g/mol. The van der Waals surface area contributed by atoms with Crippen molar-refractivity contribution >= 4 is 17.1 Å². The molecular formula is C15H19N5O. The van der Waals surface area contributed by atoms with Gasteiger partial charge in [-0.05, 0) is 44.0 Å². The summed E-state index contributed by atoms with van der Waals surface area (Å²) >= 11 is 0. The lowest BCUT2D eigenvalue weighted by atomic mass is 9.84. The first-order valence-corrected chi connectivity index (χ1v) is 7.59. The van der Waals surface area contributed by atoms with Crippen LogP contribution >= 0.6 is 0 Å². The van der Waals surface area contributed by atoms with Gasteiger partial charge in [0.15, 0.2) is 5.65 Å². The lowest BCUT2D eigenvalue weighted by Crippen LogP contribution is -2.57. The first-order chi connectivity index (χ1) is 10.3. The van der Waals surface area contributed by atoms with Crippen molar-refractivity contribution in [2.24, 2.45) is 5.92 Å². The number of aromatic amines is 1. The van der Waals surface area contributed by atoms with Crippen molar-refractivity contribution in [3.63, 3.8) is 0 Å². The summed E-state index contributed by atoms with van der Waals surface area (Å²) in [6.07, 6.45) is 4.42. The van der Waals surface area contributed by atoms with Crippen molar-refractivity contribution in [2.45, 2.75) is 25.3 Å². The summed E-state index contributed by atoms with van der Waals surface area (Å²) in [4.78, 5) is 26.3. The van der Waals surface area contributed by atoms with E-state index in [0.29, 0.717) is 29.9 Å². The van der Waals surface area contributed by atoms with Crippen LogP contribution in [0.15, 0.2) is 18.3 Å². The maximum Gasteiger partial charge on any atom is 0.227 e. The highest BCUT2D eigenvalue weighted by molar-refractivity contribution is 5.79. The van der Waals surface area contributed by atoms with Crippen LogP contribution in [0.25, 0.3) is 11.2 Å². The highest BCUT2D eigenvalue weighted by Crippen LogP contribution is 2.27. The van der Waals surface area contributed by atoms with Crippen LogP contribution in [0.4, 0.5) is 0 Å². The third-order valence-corrected chi connectivity index (χ3v) is 4.64. The summed E-state index contributed by atoms with van der Waals surface area (Å²) in [7, 11) is 0. The minimum absolute atomic E-state index is 0.0489. The van der Waals surface area contributed by atoms with Gasteiger partial charge in [-0.2, -0.15) is 0 Å². The van der Waals surface area contributed by atoms with Crippen LogP contribution in [0, 0.1) is 5.92 Å². The molecule has 0 aliphatic carbocycles. The van der Waals surface area contributed by atoms with Crippen LogP contribution in [0.3, 0.4) is 0 Å². The third-order valence-electron chi connectivity index (χ3n) is 4.64. The number of hydrogen-bond donors (Lipinski definition) is 2. The SMILES string of the molecule is O=C(Cc1nc2ncccc2[nH]1)N[C@@H]1CN2CCC1CC2. The van der Waals surface area contributed by atoms with Crippen molar-refractivity contribution in [3.05, 3.63) is 24.2 Å². The van der Waals surface area contributed by atoms with Crippen molar-refractivity contribution in [1.29, 1.82) is 0 Å². The highest BCUT2D eigenvalue weighted by atomic mass is 16.1. The summed E-state index contributed by atoms with van der Waals surface area (Å²) in [5, 5.41) is 3.18. The summed E-state index contributed by atoms with van der Waals surface area (Å²) in [6.45, 7) is 3.37. The van der Waals surface area contributed by atoms with E-state index in [4.69, 9.17) is 0 Å². The molecule has 3 aliphatic heterocycles. The predicted octanol–water partition coefficient (Wildman–Crippen LogP) is 0.711. The standard InChI is InChI=1S/C15H19N5O/c21-14(18-12-9-20-6-3-10(12)4-7-20)8-13-17-11-2-1-5-16-15(11)19-13/h1-2,5,10,12H,3-4,6-9H2,(H,18,21)(H,16,17,19)/t12-/m1/s1. The maximum atomic E-state index is 12.2. The molecule has 1 atom stereocenters. The first-order valence-electron chi connectivity index (χ1n) is 7.59. The average molecular weight is 285 g/mol. The molecule has 2 aromatic rings. The van der Waals surface area contributed by atoms with Crippen molar-refractivity contribution in [2.75, 3.05) is 19.6 Å². The lowest BCUT2D eigenvalue weighted by molar-refractivity contribution is -0.122. The third kappa shape index (κ3) is 2.51. The Hall–Kier alpha value is -1.95. The van der Waals surface area contributed by atoms with Crippen LogP contribution < -0.4 is 5.32 Å². The Morgan fingerprint density at radius 1 is 1.43 bits per heavy atom. The quantitative estimate of drug-likeness (QED) is 0.871. The number of fused-ring (bicyclic) bond motifs is 4. The number of amides is 1. The Labute approximate surface area is 123 Å². The molecule has 2 bridgehead atoms. The molecule has 2 aromatic heterocycles. The smallest absolute Gasteiger partial charge is 0.227 e. The molecule has 1 amide bonds. The fraction of sp³-hybridized carbons (Fsp3) is 0.533. The van der Waals surface area contributed by atoms with Gasteiger partial charge in [0.05, 0.1) is 11.9 Å². The fourth-order valence-electron chi connectivity index (χ4n) is 3.52. The number of H-pyrrole nitrogens is 1. The van der Waals surface area contributed by atoms with Gasteiger partial charge >= 0.3 is 0 Å². The number of pyridine rings is 1. The number of nitrogens with one attached hydrogen (secondary N) is 2. The molecule has 0 unspecified atom stereocenters. The molecule has 5 heterocycles. The summed E-state index contributed by atoms with van der Waals surface area (Å²) in [5.74, 6) is 1.38. The normalized spacial score (nSPS) is 27.9. The molecule has 3 aliphatic rings. The van der Waals surface area contributed by atoms with E-state index in [1.54, 1.807) is 6.20 Å². The molecule has 6 nitrogen and oxygen atoms in total. The van der Waals surface area contributed by atoms with Gasteiger partial charge in [-0.25, -0.2) is 9.97 Å². The van der Waals surface area contributed by atoms with E-state index in [9.17, 15) is 4.79 Å². The molecule has 21 heavy (non-hydrogen) atoms. The highest BCUT2D eigenvalue weighted by Gasteiger charge is 2.34. The molecule has 5 rings (SSSR count). The van der Waals surface area contributed by atoms with Crippen LogP contribution in [0.5, 0.6) is 0 Å².